The third-order valence-corrected chi connectivity index (χ3v) is 15.7. The number of nitrogens with zero attached hydrogens (tertiary/aromatic N) is 4. The van der Waals surface area contributed by atoms with Gasteiger partial charge in [0.15, 0.2) is 11.6 Å². The molecule has 4 saturated heterocycles. The monoisotopic (exact) mass is 866 g/mol. The molecule has 4 atom stereocenters. The van der Waals surface area contributed by atoms with Gasteiger partial charge in [0.05, 0.1) is 44.0 Å². The van der Waals surface area contributed by atoms with Gasteiger partial charge in [-0.15, -0.1) is 0 Å². The van der Waals surface area contributed by atoms with Gasteiger partial charge in [-0.2, -0.15) is 23.5 Å². The van der Waals surface area contributed by atoms with Crippen molar-refractivity contribution in [1.82, 2.24) is 19.6 Å². The Balaban J connectivity index is 0.000000169. The van der Waals surface area contributed by atoms with E-state index in [1.165, 1.54) is 38.5 Å². The predicted octanol–water partition coefficient (Wildman–Crippen LogP) is 8.58. The molecular weight excluding hydrogens is 818 g/mol. The summed E-state index contributed by atoms with van der Waals surface area (Å²) >= 11 is 28.5. The van der Waals surface area contributed by atoms with Crippen LogP contribution in [-0.4, -0.2) is 130 Å². The zero-order valence-electron chi connectivity index (χ0n) is 31.2. The van der Waals surface area contributed by atoms with Gasteiger partial charge in [0.25, 0.3) is 0 Å². The molecule has 0 bridgehead atoms. The summed E-state index contributed by atoms with van der Waals surface area (Å²) in [5.41, 5.74) is 2.62. The first-order valence-corrected chi connectivity index (χ1v) is 23.7. The van der Waals surface area contributed by atoms with Crippen LogP contribution in [0.3, 0.4) is 0 Å². The molecule has 4 heterocycles. The lowest BCUT2D eigenvalue weighted by molar-refractivity contribution is -0.136. The zero-order valence-corrected chi connectivity index (χ0v) is 35.9. The fourth-order valence-electron chi connectivity index (χ4n) is 9.10. The Morgan fingerprint density at radius 3 is 1.53 bits per heavy atom. The van der Waals surface area contributed by atoms with Gasteiger partial charge in [0.2, 0.25) is 11.8 Å². The number of amides is 2. The summed E-state index contributed by atoms with van der Waals surface area (Å²) in [6.45, 7) is 7.96. The average molecular weight is 869 g/mol. The van der Waals surface area contributed by atoms with Crippen LogP contribution < -0.4 is 0 Å². The summed E-state index contributed by atoms with van der Waals surface area (Å²) in [4.78, 5) is 60.9. The normalized spacial score (nSPS) is 26.3. The van der Waals surface area contributed by atoms with Crippen molar-refractivity contribution in [3.63, 3.8) is 0 Å². The number of piperidine rings is 2. The number of hydrogen-bond acceptors (Lipinski definition) is 8. The molecule has 0 spiro atoms. The fraction of sp³-hybridized carbons (Fsp3) is 0.610. The van der Waals surface area contributed by atoms with Crippen LogP contribution in [-0.2, 0) is 9.59 Å². The summed E-state index contributed by atoms with van der Waals surface area (Å²) in [5.74, 6) is 3.43. The van der Waals surface area contributed by atoms with Crippen LogP contribution in [0.25, 0.3) is 0 Å². The van der Waals surface area contributed by atoms with Crippen molar-refractivity contribution in [1.29, 1.82) is 0 Å². The molecular formula is C41H50Cl4N4O4S2. The highest BCUT2D eigenvalue weighted by Gasteiger charge is 2.41. The van der Waals surface area contributed by atoms with Crippen molar-refractivity contribution < 1.29 is 19.2 Å². The molecule has 4 unspecified atom stereocenters. The van der Waals surface area contributed by atoms with Crippen molar-refractivity contribution in [2.24, 2.45) is 0 Å². The van der Waals surface area contributed by atoms with Gasteiger partial charge in [-0.25, -0.2) is 0 Å². The first-order valence-electron chi connectivity index (χ1n) is 19.8. The maximum absolute atomic E-state index is 13.6. The van der Waals surface area contributed by atoms with E-state index >= 15 is 0 Å². The van der Waals surface area contributed by atoms with Crippen molar-refractivity contribution >= 4 is 93.3 Å². The Bertz CT molecular complexity index is 1770. The molecule has 0 radical (unpaired) electrons. The van der Waals surface area contributed by atoms with Crippen LogP contribution in [0.4, 0.5) is 0 Å². The maximum atomic E-state index is 13.6. The van der Waals surface area contributed by atoms with Gasteiger partial charge in [0, 0.05) is 73.2 Å². The van der Waals surface area contributed by atoms with Gasteiger partial charge in [-0.1, -0.05) is 59.2 Å². The second-order valence-electron chi connectivity index (χ2n) is 15.6. The van der Waals surface area contributed by atoms with Crippen molar-refractivity contribution in [2.75, 3.05) is 75.4 Å². The predicted molar refractivity (Wildman–Crippen MR) is 227 cm³/mol. The number of thioether (sulfide) groups is 2. The van der Waals surface area contributed by atoms with E-state index in [-0.39, 0.29) is 47.8 Å². The SMILES string of the molecule is O=C1CC(C(=O)N2CCSCC2CN2CCCCC2)c2cc(Cl)c(Cl)cc21.O=C1CCC(C(=O)N2CCSCC2CN2CCCCC2)c2cc(Cl)c(Cl)cc21. The highest BCUT2D eigenvalue weighted by molar-refractivity contribution is 7.99. The summed E-state index contributed by atoms with van der Waals surface area (Å²) < 4.78 is 0. The second-order valence-corrected chi connectivity index (χ2v) is 19.6. The third-order valence-electron chi connectivity index (χ3n) is 12.0. The molecule has 2 aromatic carbocycles. The van der Waals surface area contributed by atoms with Gasteiger partial charge in [-0.3, -0.25) is 19.2 Å². The number of ketones is 2. The van der Waals surface area contributed by atoms with Gasteiger partial charge in [-0.05, 0) is 93.7 Å². The molecule has 0 N–H and O–H groups in total. The lowest BCUT2D eigenvalue weighted by Crippen LogP contribution is -2.53. The van der Waals surface area contributed by atoms with Crippen LogP contribution in [0.15, 0.2) is 24.3 Å². The maximum Gasteiger partial charge on any atom is 0.230 e. The molecule has 0 aromatic heterocycles. The van der Waals surface area contributed by atoms with Gasteiger partial charge < -0.3 is 19.6 Å². The van der Waals surface area contributed by atoms with E-state index in [0.717, 1.165) is 86.5 Å². The summed E-state index contributed by atoms with van der Waals surface area (Å²) in [6, 6.07) is 7.16. The Labute approximate surface area is 353 Å². The number of Topliss-reactive ketones (excluding diaryl/α,β-unsaturated/α-hetero) is 2. The molecule has 298 valence electrons. The topological polar surface area (TPSA) is 81.2 Å². The Kier molecular flexibility index (Phi) is 14.4. The molecule has 0 saturated carbocycles. The molecule has 4 fully saturated rings. The Morgan fingerprint density at radius 1 is 0.582 bits per heavy atom. The highest BCUT2D eigenvalue weighted by atomic mass is 35.5. The van der Waals surface area contributed by atoms with Crippen LogP contribution in [0.2, 0.25) is 20.1 Å². The fourth-order valence-corrected chi connectivity index (χ4v) is 11.9. The summed E-state index contributed by atoms with van der Waals surface area (Å²) in [6.07, 6.45) is 8.80. The average Bonchev–Trinajstić information content (AvgIpc) is 3.51. The second kappa shape index (κ2) is 19.0. The standard InChI is InChI=1S/C21H26Cl2N2O2S.C20H24Cl2N2O2S/c22-18-10-16-15(4-5-20(26)17(16)11-19(18)23)21(27)25-8-9-28-13-14(25)12-24-6-2-1-3-7-24;21-17-8-14-15(9-18(17)22)19(25)10-16(14)20(26)24-6-7-27-12-13(24)11-23-4-2-1-3-5-23/h10-11,14-15H,1-9,12-13H2;8-9,13,16H,1-7,10-12H2. The number of halogens is 4. The Morgan fingerprint density at radius 2 is 1.02 bits per heavy atom. The Hall–Kier alpha value is -1.50. The van der Waals surface area contributed by atoms with Gasteiger partial charge in [0.1, 0.15) is 0 Å². The van der Waals surface area contributed by atoms with E-state index in [1.807, 2.05) is 28.4 Å². The van der Waals surface area contributed by atoms with E-state index in [9.17, 15) is 19.2 Å². The van der Waals surface area contributed by atoms with Crippen molar-refractivity contribution in [3.8, 4) is 0 Å². The molecule has 2 amide bonds. The first-order chi connectivity index (χ1) is 26.6. The van der Waals surface area contributed by atoms with Crippen LogP contribution in [0.5, 0.6) is 0 Å². The number of likely N-dealkylation sites (tertiary alicyclic amines) is 2. The van der Waals surface area contributed by atoms with Crippen LogP contribution >= 0.6 is 69.9 Å². The molecule has 14 heteroatoms. The van der Waals surface area contributed by atoms with E-state index in [2.05, 4.69) is 14.7 Å². The first kappa shape index (κ1) is 41.7. The zero-order chi connectivity index (χ0) is 38.6. The van der Waals surface area contributed by atoms with Crippen molar-refractivity contribution in [3.05, 3.63) is 66.6 Å². The minimum absolute atomic E-state index is 0.0131. The quantitative estimate of drug-likeness (QED) is 0.286. The smallest absolute Gasteiger partial charge is 0.230 e. The van der Waals surface area contributed by atoms with Crippen LogP contribution in [0, 0.1) is 0 Å². The van der Waals surface area contributed by atoms with Gasteiger partial charge >= 0.3 is 0 Å². The largest absolute Gasteiger partial charge is 0.336 e. The number of carbonyl (C=O) groups is 4. The van der Waals surface area contributed by atoms with E-state index < -0.39 is 5.92 Å². The third kappa shape index (κ3) is 9.70. The minimum atomic E-state index is -0.422. The van der Waals surface area contributed by atoms with E-state index in [0.29, 0.717) is 44.1 Å². The molecule has 8 nitrogen and oxygen atoms in total. The molecule has 2 aliphatic carbocycles. The van der Waals surface area contributed by atoms with Crippen molar-refractivity contribution in [2.45, 2.75) is 81.7 Å². The number of fused-ring (bicyclic) bond motifs is 2. The number of carbonyl (C=O) groups excluding carboxylic acids is 4. The number of rotatable bonds is 6. The minimum Gasteiger partial charge on any atom is -0.336 e. The lowest BCUT2D eigenvalue weighted by Gasteiger charge is -2.41. The summed E-state index contributed by atoms with van der Waals surface area (Å²) in [7, 11) is 0. The molecule has 6 aliphatic rings. The molecule has 8 rings (SSSR count). The molecule has 2 aromatic rings. The highest BCUT2D eigenvalue weighted by Crippen LogP contribution is 2.41. The van der Waals surface area contributed by atoms with E-state index in [4.69, 9.17) is 46.4 Å². The van der Waals surface area contributed by atoms with Crippen LogP contribution in [0.1, 0.15) is 101 Å². The molecule has 55 heavy (non-hydrogen) atoms. The number of benzene rings is 2. The number of hydrogen-bond donors (Lipinski definition) is 0. The molecule has 4 aliphatic heterocycles. The van der Waals surface area contributed by atoms with E-state index in [1.54, 1.807) is 24.3 Å². The summed E-state index contributed by atoms with van der Waals surface area (Å²) in [5, 5.41) is 1.56. The lowest BCUT2D eigenvalue weighted by atomic mass is 9.81.